The van der Waals surface area contributed by atoms with Gasteiger partial charge in [-0.1, -0.05) is 25.5 Å². The van der Waals surface area contributed by atoms with E-state index < -0.39 is 5.97 Å². The normalized spacial score (nSPS) is 23.3. The molecule has 0 saturated heterocycles. The van der Waals surface area contributed by atoms with Crippen molar-refractivity contribution in [2.24, 2.45) is 17.6 Å². The maximum atomic E-state index is 11.8. The lowest BCUT2D eigenvalue weighted by Crippen LogP contribution is -2.32. The molecule has 5 nitrogen and oxygen atoms in total. The van der Waals surface area contributed by atoms with Crippen molar-refractivity contribution in [1.29, 1.82) is 0 Å². The third-order valence-corrected chi connectivity index (χ3v) is 3.65. The number of hydrogen-bond donors (Lipinski definition) is 3. The van der Waals surface area contributed by atoms with Crippen molar-refractivity contribution >= 4 is 11.9 Å². The zero-order valence-electron chi connectivity index (χ0n) is 11.5. The number of carbonyl (C=O) groups is 2. The van der Waals surface area contributed by atoms with Crippen molar-refractivity contribution in [3.8, 4) is 0 Å². The minimum absolute atomic E-state index is 0.00490. The van der Waals surface area contributed by atoms with E-state index in [2.05, 4.69) is 5.32 Å². The fourth-order valence-corrected chi connectivity index (χ4v) is 2.33. The summed E-state index contributed by atoms with van der Waals surface area (Å²) in [4.78, 5) is 22.3. The van der Waals surface area contributed by atoms with Crippen LogP contribution in [-0.2, 0) is 9.59 Å². The molecule has 1 aliphatic rings. The van der Waals surface area contributed by atoms with Crippen molar-refractivity contribution in [2.45, 2.75) is 45.1 Å². The van der Waals surface area contributed by atoms with Crippen LogP contribution in [0.1, 0.15) is 39.0 Å². The highest BCUT2D eigenvalue weighted by atomic mass is 16.4. The first-order valence-corrected chi connectivity index (χ1v) is 6.96. The van der Waals surface area contributed by atoms with Crippen LogP contribution in [0.15, 0.2) is 12.2 Å². The van der Waals surface area contributed by atoms with Crippen LogP contribution in [0.2, 0.25) is 0 Å². The lowest BCUT2D eigenvalue weighted by atomic mass is 9.96. The largest absolute Gasteiger partial charge is 0.481 e. The molecular weight excluding hydrogens is 244 g/mol. The number of carboxylic acids is 1. The molecule has 3 unspecified atom stereocenters. The van der Waals surface area contributed by atoms with Crippen LogP contribution in [-0.4, -0.2) is 29.6 Å². The number of nitrogens with two attached hydrogens (primary N) is 1. The number of carbonyl (C=O) groups excluding carboxylic acids is 1. The van der Waals surface area contributed by atoms with Gasteiger partial charge in [-0.15, -0.1) is 0 Å². The van der Waals surface area contributed by atoms with Crippen molar-refractivity contribution in [3.05, 3.63) is 12.2 Å². The second kappa shape index (κ2) is 7.94. The Morgan fingerprint density at radius 1 is 1.42 bits per heavy atom. The molecule has 1 amide bonds. The molecule has 1 aliphatic carbocycles. The molecule has 3 atom stereocenters. The number of nitrogens with one attached hydrogen (secondary N) is 1. The monoisotopic (exact) mass is 268 g/mol. The molecule has 4 N–H and O–H groups in total. The molecule has 0 spiro atoms. The van der Waals surface area contributed by atoms with Gasteiger partial charge < -0.3 is 16.2 Å². The van der Waals surface area contributed by atoms with Crippen LogP contribution in [0.3, 0.4) is 0 Å². The quantitative estimate of drug-likeness (QED) is 0.578. The van der Waals surface area contributed by atoms with E-state index in [1.807, 2.05) is 19.1 Å². The van der Waals surface area contributed by atoms with E-state index in [4.69, 9.17) is 10.8 Å². The first-order valence-electron chi connectivity index (χ1n) is 6.96. The van der Waals surface area contributed by atoms with E-state index >= 15 is 0 Å². The third-order valence-electron chi connectivity index (χ3n) is 3.65. The van der Waals surface area contributed by atoms with E-state index in [0.29, 0.717) is 25.3 Å². The Bertz CT molecular complexity index is 342. The summed E-state index contributed by atoms with van der Waals surface area (Å²) in [6.45, 7) is 2.66. The fraction of sp³-hybridized carbons (Fsp3) is 0.714. The summed E-state index contributed by atoms with van der Waals surface area (Å²) in [6.07, 6.45) is 7.06. The topological polar surface area (TPSA) is 92.4 Å². The fourth-order valence-electron chi connectivity index (χ4n) is 2.33. The van der Waals surface area contributed by atoms with Gasteiger partial charge >= 0.3 is 5.97 Å². The SMILES string of the molecule is CCC(CCNC(=O)C1C=CC(N)C1)CCC(=O)O. The van der Waals surface area contributed by atoms with Crippen molar-refractivity contribution in [2.75, 3.05) is 6.54 Å². The van der Waals surface area contributed by atoms with Gasteiger partial charge in [-0.05, 0) is 25.2 Å². The summed E-state index contributed by atoms with van der Waals surface area (Å²) >= 11 is 0. The first kappa shape index (κ1) is 15.7. The minimum atomic E-state index is -0.757. The molecule has 0 saturated carbocycles. The van der Waals surface area contributed by atoms with Crippen molar-refractivity contribution < 1.29 is 14.7 Å². The summed E-state index contributed by atoms with van der Waals surface area (Å²) in [6, 6.07) is -0.00490. The third kappa shape index (κ3) is 5.87. The highest BCUT2D eigenvalue weighted by molar-refractivity contribution is 5.81. The van der Waals surface area contributed by atoms with E-state index in [-0.39, 0.29) is 24.3 Å². The Morgan fingerprint density at radius 3 is 2.68 bits per heavy atom. The molecule has 1 rings (SSSR count). The highest BCUT2D eigenvalue weighted by Crippen LogP contribution is 2.17. The van der Waals surface area contributed by atoms with Crippen molar-refractivity contribution in [1.82, 2.24) is 5.32 Å². The average Bonchev–Trinajstić information content (AvgIpc) is 2.79. The average molecular weight is 268 g/mol. The number of rotatable bonds is 8. The molecule has 0 aromatic heterocycles. The summed E-state index contributed by atoms with van der Waals surface area (Å²) in [5, 5.41) is 11.6. The van der Waals surface area contributed by atoms with Gasteiger partial charge in [0, 0.05) is 19.0 Å². The van der Waals surface area contributed by atoms with Gasteiger partial charge in [0.05, 0.1) is 5.92 Å². The van der Waals surface area contributed by atoms with E-state index in [9.17, 15) is 9.59 Å². The lowest BCUT2D eigenvalue weighted by molar-refractivity contribution is -0.137. The maximum absolute atomic E-state index is 11.8. The Morgan fingerprint density at radius 2 is 2.16 bits per heavy atom. The van der Waals surface area contributed by atoms with E-state index in [0.717, 1.165) is 12.8 Å². The standard InChI is InChI=1S/C14H24N2O3/c1-2-10(3-6-13(17)18)7-8-16-14(19)11-4-5-12(15)9-11/h4-5,10-12H,2-3,6-9,15H2,1H3,(H,16,19)(H,17,18). The van der Waals surface area contributed by atoms with Gasteiger partial charge in [-0.3, -0.25) is 9.59 Å². The molecule has 0 aromatic rings. The predicted molar refractivity (Wildman–Crippen MR) is 73.5 cm³/mol. The Labute approximate surface area is 114 Å². The Kier molecular flexibility index (Phi) is 6.56. The van der Waals surface area contributed by atoms with Crippen LogP contribution >= 0.6 is 0 Å². The van der Waals surface area contributed by atoms with E-state index in [1.165, 1.54) is 0 Å². The molecule has 0 bridgehead atoms. The number of hydrogen-bond acceptors (Lipinski definition) is 3. The smallest absolute Gasteiger partial charge is 0.303 e. The lowest BCUT2D eigenvalue weighted by Gasteiger charge is -2.15. The first-order chi connectivity index (χ1) is 9.02. The summed E-state index contributed by atoms with van der Waals surface area (Å²) in [7, 11) is 0. The second-order valence-electron chi connectivity index (χ2n) is 5.18. The summed E-state index contributed by atoms with van der Waals surface area (Å²) in [5.74, 6) is -0.475. The maximum Gasteiger partial charge on any atom is 0.303 e. The summed E-state index contributed by atoms with van der Waals surface area (Å²) < 4.78 is 0. The number of carboxylic acid groups (broad SMARTS) is 1. The number of amides is 1. The van der Waals surface area contributed by atoms with Crippen LogP contribution in [0.5, 0.6) is 0 Å². The minimum Gasteiger partial charge on any atom is -0.481 e. The van der Waals surface area contributed by atoms with Crippen molar-refractivity contribution in [3.63, 3.8) is 0 Å². The van der Waals surface area contributed by atoms with E-state index in [1.54, 1.807) is 0 Å². The zero-order valence-corrected chi connectivity index (χ0v) is 11.5. The van der Waals surface area contributed by atoms with Gasteiger partial charge in [0.15, 0.2) is 0 Å². The zero-order chi connectivity index (χ0) is 14.3. The summed E-state index contributed by atoms with van der Waals surface area (Å²) in [5.41, 5.74) is 5.71. The molecule has 0 aromatic carbocycles. The van der Waals surface area contributed by atoms with Crippen LogP contribution in [0, 0.1) is 11.8 Å². The molecule has 0 heterocycles. The van der Waals surface area contributed by atoms with Gasteiger partial charge in [0.1, 0.15) is 0 Å². The van der Waals surface area contributed by atoms with Crippen LogP contribution < -0.4 is 11.1 Å². The molecule has 0 aliphatic heterocycles. The van der Waals surface area contributed by atoms with Gasteiger partial charge in [-0.2, -0.15) is 0 Å². The Balaban J connectivity index is 2.19. The van der Waals surface area contributed by atoms with Gasteiger partial charge in [0.25, 0.3) is 0 Å². The Hall–Kier alpha value is -1.36. The van der Waals surface area contributed by atoms with Crippen LogP contribution in [0.4, 0.5) is 0 Å². The number of aliphatic carboxylic acids is 1. The molecule has 0 radical (unpaired) electrons. The molecule has 5 heteroatoms. The van der Waals surface area contributed by atoms with Gasteiger partial charge in [-0.25, -0.2) is 0 Å². The molecule has 19 heavy (non-hydrogen) atoms. The van der Waals surface area contributed by atoms with Gasteiger partial charge in [0.2, 0.25) is 5.91 Å². The second-order valence-corrected chi connectivity index (χ2v) is 5.18. The molecule has 0 fully saturated rings. The van der Waals surface area contributed by atoms with Crippen LogP contribution in [0.25, 0.3) is 0 Å². The molecule has 108 valence electrons. The molecular formula is C14H24N2O3. The predicted octanol–water partition coefficient (Wildman–Crippen LogP) is 1.29. The highest BCUT2D eigenvalue weighted by Gasteiger charge is 2.22.